The van der Waals surface area contributed by atoms with Crippen LogP contribution in [0.5, 0.6) is 11.5 Å². The van der Waals surface area contributed by atoms with Gasteiger partial charge in [-0.1, -0.05) is 0 Å². The van der Waals surface area contributed by atoms with Gasteiger partial charge < -0.3 is 24.5 Å². The van der Waals surface area contributed by atoms with Gasteiger partial charge in [0.15, 0.2) is 11.5 Å². The molecule has 7 nitrogen and oxygen atoms in total. The summed E-state index contributed by atoms with van der Waals surface area (Å²) in [5, 5.41) is 2.91. The number of anilines is 1. The molecule has 1 amide bonds. The Balaban J connectivity index is 1.89. The summed E-state index contributed by atoms with van der Waals surface area (Å²) in [6.45, 7) is 8.02. The largest absolute Gasteiger partial charge is 0.486 e. The third-order valence-corrected chi connectivity index (χ3v) is 5.10. The molecule has 150 valence electrons. The highest BCUT2D eigenvalue weighted by atomic mass is 32.2. The van der Waals surface area contributed by atoms with Gasteiger partial charge >= 0.3 is 5.97 Å². The van der Waals surface area contributed by atoms with Crippen molar-refractivity contribution in [1.82, 2.24) is 4.98 Å². The van der Waals surface area contributed by atoms with Crippen LogP contribution in [-0.4, -0.2) is 42.4 Å². The van der Waals surface area contributed by atoms with Crippen LogP contribution in [0.15, 0.2) is 17.0 Å². The second kappa shape index (κ2) is 8.18. The van der Waals surface area contributed by atoms with E-state index in [9.17, 15) is 9.59 Å². The third-order valence-electron chi connectivity index (χ3n) is 4.32. The van der Waals surface area contributed by atoms with Crippen LogP contribution < -0.4 is 14.8 Å². The normalized spacial score (nSPS) is 12.8. The molecular weight excluding hydrogens is 380 g/mol. The number of carbonyl (C=O) groups excluding carboxylic acids is 2. The molecule has 3 rings (SSSR count). The van der Waals surface area contributed by atoms with E-state index in [4.69, 9.17) is 14.2 Å². The zero-order valence-electron chi connectivity index (χ0n) is 16.6. The Labute approximate surface area is 168 Å². The lowest BCUT2D eigenvalue weighted by Crippen LogP contribution is -2.18. The van der Waals surface area contributed by atoms with Crippen molar-refractivity contribution in [3.63, 3.8) is 0 Å². The molecule has 0 unspecified atom stereocenters. The zero-order valence-corrected chi connectivity index (χ0v) is 17.4. The maximum atomic E-state index is 12.9. The van der Waals surface area contributed by atoms with Gasteiger partial charge in [-0.3, -0.25) is 4.79 Å². The highest BCUT2D eigenvalue weighted by Crippen LogP contribution is 2.39. The third kappa shape index (κ3) is 3.96. The van der Waals surface area contributed by atoms with Crippen LogP contribution in [-0.2, 0) is 4.74 Å². The smallest absolute Gasteiger partial charge is 0.340 e. The first-order valence-corrected chi connectivity index (χ1v) is 10.2. The maximum Gasteiger partial charge on any atom is 0.340 e. The van der Waals surface area contributed by atoms with Crippen LogP contribution >= 0.6 is 11.8 Å². The quantitative estimate of drug-likeness (QED) is 0.579. The Morgan fingerprint density at radius 1 is 1.18 bits per heavy atom. The Morgan fingerprint density at radius 2 is 1.82 bits per heavy atom. The highest BCUT2D eigenvalue weighted by molar-refractivity contribution is 7.98. The van der Waals surface area contributed by atoms with Crippen molar-refractivity contribution in [2.45, 2.75) is 38.7 Å². The summed E-state index contributed by atoms with van der Waals surface area (Å²) in [6, 6.07) is 3.62. The molecule has 0 saturated heterocycles. The molecule has 0 aliphatic carbocycles. The molecule has 0 bridgehead atoms. The number of fused-ring (bicyclic) bond motifs is 1. The van der Waals surface area contributed by atoms with Crippen molar-refractivity contribution in [1.29, 1.82) is 0 Å². The van der Waals surface area contributed by atoms with Gasteiger partial charge in [0, 0.05) is 16.7 Å². The summed E-state index contributed by atoms with van der Waals surface area (Å²) < 4.78 is 16.5. The molecule has 1 aromatic carbocycles. The molecule has 1 aromatic heterocycles. The predicted octanol–water partition coefficient (Wildman–Crippen LogP) is 3.94. The van der Waals surface area contributed by atoms with Crippen molar-refractivity contribution in [2.75, 3.05) is 24.8 Å². The average Bonchev–Trinajstić information content (AvgIpc) is 2.95. The molecule has 0 radical (unpaired) electrons. The molecule has 0 spiro atoms. The summed E-state index contributed by atoms with van der Waals surface area (Å²) in [4.78, 5) is 29.1. The molecular formula is C20H24N2O5S. The average molecular weight is 404 g/mol. The van der Waals surface area contributed by atoms with Crippen molar-refractivity contribution in [3.8, 4) is 11.5 Å². The fourth-order valence-electron chi connectivity index (χ4n) is 3.08. The molecule has 2 N–H and O–H groups in total. The fraction of sp³-hybridized carbons (Fsp3) is 0.400. The van der Waals surface area contributed by atoms with E-state index in [1.807, 2.05) is 12.3 Å². The van der Waals surface area contributed by atoms with Crippen molar-refractivity contribution >= 4 is 29.3 Å². The highest BCUT2D eigenvalue weighted by Gasteiger charge is 2.25. The van der Waals surface area contributed by atoms with Gasteiger partial charge in [0.25, 0.3) is 5.91 Å². The van der Waals surface area contributed by atoms with E-state index in [0.29, 0.717) is 52.9 Å². The van der Waals surface area contributed by atoms with E-state index in [0.717, 1.165) is 4.90 Å². The van der Waals surface area contributed by atoms with Crippen LogP contribution in [0.3, 0.4) is 0 Å². The van der Waals surface area contributed by atoms with Crippen molar-refractivity contribution in [3.05, 3.63) is 34.6 Å². The molecule has 1 aliphatic heterocycles. The fourth-order valence-corrected chi connectivity index (χ4v) is 3.63. The summed E-state index contributed by atoms with van der Waals surface area (Å²) >= 11 is 1.50. The lowest BCUT2D eigenvalue weighted by Gasteiger charge is -2.21. The lowest BCUT2D eigenvalue weighted by molar-refractivity contribution is 0.0376. The van der Waals surface area contributed by atoms with E-state index in [-0.39, 0.29) is 12.0 Å². The number of ether oxygens (including phenoxy) is 3. The molecule has 2 aromatic rings. The minimum atomic E-state index is -0.440. The Bertz CT molecular complexity index is 920. The van der Waals surface area contributed by atoms with Gasteiger partial charge in [0.05, 0.1) is 17.4 Å². The number of nitrogens with one attached hydrogen (secondary N) is 2. The molecule has 1 aliphatic rings. The number of rotatable bonds is 5. The topological polar surface area (TPSA) is 89.7 Å². The molecule has 28 heavy (non-hydrogen) atoms. The van der Waals surface area contributed by atoms with E-state index in [1.54, 1.807) is 33.8 Å². The van der Waals surface area contributed by atoms with Gasteiger partial charge in [0.2, 0.25) is 0 Å². The molecule has 0 atom stereocenters. The summed E-state index contributed by atoms with van der Waals surface area (Å²) in [5.41, 5.74) is 2.51. The maximum absolute atomic E-state index is 12.9. The summed E-state index contributed by atoms with van der Waals surface area (Å²) in [6.07, 6.45) is 1.69. The van der Waals surface area contributed by atoms with E-state index < -0.39 is 5.97 Å². The number of carbonyl (C=O) groups is 2. The number of hydrogen-bond donors (Lipinski definition) is 2. The second-order valence-corrected chi connectivity index (χ2v) is 7.58. The number of aromatic amines is 1. The van der Waals surface area contributed by atoms with Crippen molar-refractivity contribution in [2.24, 2.45) is 0 Å². The van der Waals surface area contributed by atoms with Gasteiger partial charge in [-0.25, -0.2) is 4.79 Å². The lowest BCUT2D eigenvalue weighted by atomic mass is 10.1. The number of thioether (sulfide) groups is 1. The zero-order chi connectivity index (χ0) is 20.4. The molecule has 0 saturated carbocycles. The number of hydrogen-bond acceptors (Lipinski definition) is 6. The van der Waals surface area contributed by atoms with Crippen LogP contribution in [0.2, 0.25) is 0 Å². The standard InChI is InChI=1S/C20H24N2O5S/c1-10(2)27-20(24)17-11(3)18(21-12(17)4)19(23)22-13-8-14-15(9-16(13)28-5)26-7-6-25-14/h8-10,21H,6-7H2,1-5H3,(H,22,23). The van der Waals surface area contributed by atoms with Crippen LogP contribution in [0.4, 0.5) is 5.69 Å². The minimum Gasteiger partial charge on any atom is -0.486 e. The van der Waals surface area contributed by atoms with Gasteiger partial charge in [0.1, 0.15) is 18.9 Å². The molecule has 8 heteroatoms. The van der Waals surface area contributed by atoms with Crippen molar-refractivity contribution < 1.29 is 23.8 Å². The predicted molar refractivity (Wildman–Crippen MR) is 108 cm³/mol. The Kier molecular flexibility index (Phi) is 5.88. The summed E-state index contributed by atoms with van der Waals surface area (Å²) in [5.74, 6) is 0.486. The number of H-pyrrole nitrogens is 1. The Morgan fingerprint density at radius 3 is 2.43 bits per heavy atom. The van der Waals surface area contributed by atoms with E-state index in [2.05, 4.69) is 10.3 Å². The SMILES string of the molecule is CSc1cc2c(cc1NC(=O)c1[nH]c(C)c(C(=O)OC(C)C)c1C)OCCO2. The first-order chi connectivity index (χ1) is 13.3. The van der Waals surface area contributed by atoms with E-state index >= 15 is 0 Å². The number of aromatic nitrogens is 1. The minimum absolute atomic E-state index is 0.236. The Hall–Kier alpha value is -2.61. The number of benzene rings is 1. The van der Waals surface area contributed by atoms with E-state index in [1.165, 1.54) is 11.8 Å². The van der Waals surface area contributed by atoms with Gasteiger partial charge in [-0.15, -0.1) is 11.8 Å². The molecule has 2 heterocycles. The summed E-state index contributed by atoms with van der Waals surface area (Å²) in [7, 11) is 0. The number of amides is 1. The second-order valence-electron chi connectivity index (χ2n) is 6.73. The van der Waals surface area contributed by atoms with Crippen LogP contribution in [0.1, 0.15) is 46.0 Å². The molecule has 0 fully saturated rings. The monoisotopic (exact) mass is 404 g/mol. The number of esters is 1. The first-order valence-electron chi connectivity index (χ1n) is 9.01. The van der Waals surface area contributed by atoms with Gasteiger partial charge in [-0.05, 0) is 45.6 Å². The van der Waals surface area contributed by atoms with Crippen LogP contribution in [0.25, 0.3) is 0 Å². The van der Waals surface area contributed by atoms with Gasteiger partial charge in [-0.2, -0.15) is 0 Å². The van der Waals surface area contributed by atoms with Crippen LogP contribution in [0, 0.1) is 13.8 Å². The number of aryl methyl sites for hydroxylation is 1. The first kappa shape index (κ1) is 20.1.